The van der Waals surface area contributed by atoms with Crippen LogP contribution in [0.5, 0.6) is 0 Å². The number of aryl methyl sites for hydroxylation is 2. The van der Waals surface area contributed by atoms with Crippen LogP contribution in [0.15, 0.2) is 72.8 Å². The summed E-state index contributed by atoms with van der Waals surface area (Å²) in [5, 5.41) is 0. The Morgan fingerprint density at radius 2 is 1.59 bits per heavy atom. The number of hydrogen-bond donors (Lipinski definition) is 0. The molecule has 0 spiro atoms. The second-order valence-corrected chi connectivity index (χ2v) is 14.4. The molecule has 0 fully saturated rings. The van der Waals surface area contributed by atoms with E-state index in [9.17, 15) is 0 Å². The van der Waals surface area contributed by atoms with E-state index in [0.29, 0.717) is 5.92 Å². The molecule has 2 atom stereocenters. The lowest BCUT2D eigenvalue weighted by atomic mass is 9.59. The first-order valence-electron chi connectivity index (χ1n) is 13.7. The molecule has 0 N–H and O–H groups in total. The maximum atomic E-state index is 6.72. The number of benzene rings is 2. The van der Waals surface area contributed by atoms with Crippen LogP contribution in [0.1, 0.15) is 75.7 Å². The number of thiophene rings is 2. The monoisotopic (exact) mass is 586 g/mol. The van der Waals surface area contributed by atoms with Gasteiger partial charge in [-0.15, -0.1) is 22.7 Å². The van der Waals surface area contributed by atoms with Gasteiger partial charge in [-0.05, 0) is 89.3 Å². The fourth-order valence-electron chi connectivity index (χ4n) is 6.76. The van der Waals surface area contributed by atoms with Gasteiger partial charge in [0.1, 0.15) is 0 Å². The molecule has 2 aromatic carbocycles. The molecule has 0 aliphatic heterocycles. The van der Waals surface area contributed by atoms with Crippen LogP contribution >= 0.6 is 45.9 Å². The van der Waals surface area contributed by atoms with Crippen molar-refractivity contribution in [2.45, 2.75) is 51.9 Å². The Hall–Kier alpha value is -2.36. The van der Waals surface area contributed by atoms with E-state index in [1.165, 1.54) is 67.1 Å². The first-order valence-corrected chi connectivity index (χ1v) is 16.1. The van der Waals surface area contributed by atoms with E-state index in [1.807, 2.05) is 0 Å². The van der Waals surface area contributed by atoms with Crippen LogP contribution < -0.4 is 0 Å². The fourth-order valence-corrected chi connectivity index (χ4v) is 9.16. The minimum atomic E-state index is -0.188. The summed E-state index contributed by atoms with van der Waals surface area (Å²) in [5.74, 6) is 0.381. The number of halogens is 2. The molecule has 6 rings (SSSR count). The molecule has 0 unspecified atom stereocenters. The highest BCUT2D eigenvalue weighted by Gasteiger charge is 2.52. The standard InChI is InChI=1S/C35H32Cl2S2/c1-4-5-15-26-18-17-25-14-9-16-27-32(28-20-30(36)38-22(28)2)34(29-21-31(37)39-23(29)3)35(26,33(25)27)19-10-13-24-11-7-6-8-12-24/h6-14,16-18,20-21,26H,4-5,15,19H2,1-3H3/b13-10-/t26-,35-/m0/s1. The summed E-state index contributed by atoms with van der Waals surface area (Å²) in [6, 6.07) is 21.9. The molecule has 2 aliphatic carbocycles. The molecule has 2 heterocycles. The Balaban J connectivity index is 1.68. The largest absolute Gasteiger partial charge is 0.128 e. The average molecular weight is 588 g/mol. The molecular formula is C35H32Cl2S2. The lowest BCUT2D eigenvalue weighted by Gasteiger charge is -2.43. The van der Waals surface area contributed by atoms with Crippen LogP contribution in [-0.2, 0) is 5.41 Å². The minimum absolute atomic E-state index is 0.188. The van der Waals surface area contributed by atoms with Crippen molar-refractivity contribution in [1.82, 2.24) is 0 Å². The molecule has 2 aliphatic rings. The minimum Gasteiger partial charge on any atom is -0.128 e. The Labute approximate surface area is 250 Å². The Kier molecular flexibility index (Phi) is 7.50. The summed E-state index contributed by atoms with van der Waals surface area (Å²) in [7, 11) is 0. The van der Waals surface area contributed by atoms with E-state index in [1.54, 1.807) is 22.7 Å². The van der Waals surface area contributed by atoms with Crippen LogP contribution in [0.4, 0.5) is 0 Å². The maximum Gasteiger partial charge on any atom is 0.0937 e. The summed E-state index contributed by atoms with van der Waals surface area (Å²) < 4.78 is 1.68. The zero-order valence-electron chi connectivity index (χ0n) is 22.6. The Morgan fingerprint density at radius 3 is 2.26 bits per heavy atom. The molecule has 39 heavy (non-hydrogen) atoms. The van der Waals surface area contributed by atoms with Crippen LogP contribution in [0.25, 0.3) is 23.3 Å². The molecule has 198 valence electrons. The number of hydrogen-bond acceptors (Lipinski definition) is 2. The van der Waals surface area contributed by atoms with E-state index in [-0.39, 0.29) is 5.41 Å². The summed E-state index contributed by atoms with van der Waals surface area (Å²) in [6.07, 6.45) is 14.0. The third kappa shape index (κ3) is 4.60. The van der Waals surface area contributed by atoms with Crippen molar-refractivity contribution in [2.75, 3.05) is 0 Å². The molecule has 0 bridgehead atoms. The van der Waals surface area contributed by atoms with Crippen LogP contribution in [0, 0.1) is 19.8 Å². The van der Waals surface area contributed by atoms with Crippen molar-refractivity contribution in [3.63, 3.8) is 0 Å². The van der Waals surface area contributed by atoms with Crippen molar-refractivity contribution in [1.29, 1.82) is 0 Å². The normalized spacial score (nSPS) is 19.9. The third-order valence-corrected chi connectivity index (χ3v) is 10.7. The fraction of sp³-hybridized carbons (Fsp3) is 0.257. The molecule has 0 amide bonds. The average Bonchev–Trinajstić information content (AvgIpc) is 3.54. The summed E-state index contributed by atoms with van der Waals surface area (Å²) in [6.45, 7) is 6.72. The van der Waals surface area contributed by atoms with E-state index >= 15 is 0 Å². The summed E-state index contributed by atoms with van der Waals surface area (Å²) >= 11 is 16.7. The van der Waals surface area contributed by atoms with Gasteiger partial charge in [0.25, 0.3) is 0 Å². The summed E-state index contributed by atoms with van der Waals surface area (Å²) in [5.41, 5.74) is 10.5. The van der Waals surface area contributed by atoms with E-state index < -0.39 is 0 Å². The van der Waals surface area contributed by atoms with Gasteiger partial charge in [-0.2, -0.15) is 0 Å². The van der Waals surface area contributed by atoms with E-state index in [0.717, 1.165) is 21.5 Å². The highest BCUT2D eigenvalue weighted by Crippen LogP contribution is 2.63. The van der Waals surface area contributed by atoms with Gasteiger partial charge in [-0.25, -0.2) is 0 Å². The van der Waals surface area contributed by atoms with E-state index in [4.69, 9.17) is 23.2 Å². The van der Waals surface area contributed by atoms with Crippen LogP contribution in [0.2, 0.25) is 8.67 Å². The quantitative estimate of drug-likeness (QED) is 0.192. The van der Waals surface area contributed by atoms with Gasteiger partial charge in [-0.3, -0.25) is 0 Å². The Bertz CT molecular complexity index is 1620. The maximum absolute atomic E-state index is 6.72. The Morgan fingerprint density at radius 1 is 0.872 bits per heavy atom. The first kappa shape index (κ1) is 26.8. The van der Waals surface area contributed by atoms with Gasteiger partial charge in [0, 0.05) is 15.2 Å². The predicted molar refractivity (Wildman–Crippen MR) is 174 cm³/mol. The van der Waals surface area contributed by atoms with Gasteiger partial charge in [0.05, 0.1) is 8.67 Å². The molecule has 0 saturated carbocycles. The van der Waals surface area contributed by atoms with Crippen molar-refractivity contribution < 1.29 is 0 Å². The zero-order valence-corrected chi connectivity index (χ0v) is 25.7. The van der Waals surface area contributed by atoms with Gasteiger partial charge in [0.15, 0.2) is 0 Å². The predicted octanol–water partition coefficient (Wildman–Crippen LogP) is 11.9. The van der Waals surface area contributed by atoms with Crippen LogP contribution in [-0.4, -0.2) is 0 Å². The second kappa shape index (κ2) is 10.9. The number of allylic oxidation sites excluding steroid dienone is 3. The highest BCUT2D eigenvalue weighted by atomic mass is 35.5. The zero-order chi connectivity index (χ0) is 27.1. The smallest absolute Gasteiger partial charge is 0.0937 e. The lowest BCUT2D eigenvalue weighted by molar-refractivity contribution is 0.380. The van der Waals surface area contributed by atoms with Gasteiger partial charge < -0.3 is 0 Å². The molecular weight excluding hydrogens is 555 g/mol. The molecule has 4 heteroatoms. The SMILES string of the molecule is CCCC[C@H]1C=Cc2cccc3c2[C@@]1(C/C=C\c1ccccc1)C(c1cc(Cl)sc1C)=C3c1cc(Cl)sc1C. The molecule has 4 aromatic rings. The van der Waals surface area contributed by atoms with Gasteiger partial charge in [-0.1, -0.05) is 116 Å². The molecule has 0 nitrogen and oxygen atoms in total. The number of rotatable bonds is 8. The van der Waals surface area contributed by atoms with Crippen molar-refractivity contribution in [2.24, 2.45) is 5.92 Å². The van der Waals surface area contributed by atoms with Crippen molar-refractivity contribution >= 4 is 69.2 Å². The molecule has 0 radical (unpaired) electrons. The number of unbranched alkanes of at least 4 members (excludes halogenated alkanes) is 1. The topological polar surface area (TPSA) is 0 Å². The van der Waals surface area contributed by atoms with Gasteiger partial charge >= 0.3 is 0 Å². The third-order valence-electron chi connectivity index (χ3n) is 8.38. The van der Waals surface area contributed by atoms with Crippen LogP contribution in [0.3, 0.4) is 0 Å². The molecule has 0 saturated heterocycles. The molecule has 2 aromatic heterocycles. The van der Waals surface area contributed by atoms with Gasteiger partial charge in [0.2, 0.25) is 0 Å². The lowest BCUT2D eigenvalue weighted by Crippen LogP contribution is -2.36. The summed E-state index contributed by atoms with van der Waals surface area (Å²) in [4.78, 5) is 2.53. The van der Waals surface area contributed by atoms with E-state index in [2.05, 4.69) is 106 Å². The van der Waals surface area contributed by atoms with Crippen molar-refractivity contribution in [3.8, 4) is 0 Å². The highest BCUT2D eigenvalue weighted by molar-refractivity contribution is 7.16. The first-order chi connectivity index (χ1) is 18.9. The second-order valence-electron chi connectivity index (χ2n) is 10.7. The van der Waals surface area contributed by atoms with Crippen molar-refractivity contribution in [3.05, 3.63) is 125 Å².